The number of amides is 1. The van der Waals surface area contributed by atoms with E-state index in [9.17, 15) is 14.1 Å². The number of ether oxygens (including phenoxy) is 1. The Morgan fingerprint density at radius 1 is 1.25 bits per heavy atom. The van der Waals surface area contributed by atoms with E-state index in [4.69, 9.17) is 4.74 Å². The van der Waals surface area contributed by atoms with Crippen molar-refractivity contribution in [3.8, 4) is 0 Å². The van der Waals surface area contributed by atoms with Crippen molar-refractivity contribution < 1.29 is 18.8 Å². The predicted molar refractivity (Wildman–Crippen MR) is 93.2 cm³/mol. The maximum absolute atomic E-state index is 12.6. The van der Waals surface area contributed by atoms with Crippen LogP contribution < -0.4 is 4.72 Å². The summed E-state index contributed by atoms with van der Waals surface area (Å²) >= 11 is 0. The number of hydrogen-bond donors (Lipinski definition) is 2. The molecule has 1 amide bonds. The van der Waals surface area contributed by atoms with Crippen LogP contribution in [0.1, 0.15) is 59.3 Å². The molecule has 3 atom stereocenters. The van der Waals surface area contributed by atoms with Crippen LogP contribution in [0, 0.1) is 5.41 Å². The number of carbonyl (C=O) groups is 1. The molecule has 2 aliphatic carbocycles. The zero-order valence-corrected chi connectivity index (χ0v) is 15.7. The van der Waals surface area contributed by atoms with Gasteiger partial charge in [0.1, 0.15) is 0 Å². The minimum absolute atomic E-state index is 0.00637. The molecule has 1 aliphatic heterocycles. The molecule has 0 bridgehead atoms. The Kier molecular flexibility index (Phi) is 4.97. The number of piperidine rings is 1. The van der Waals surface area contributed by atoms with Gasteiger partial charge in [-0.15, -0.1) is 0 Å². The van der Waals surface area contributed by atoms with E-state index in [-0.39, 0.29) is 22.3 Å². The molecule has 3 aliphatic rings. The van der Waals surface area contributed by atoms with E-state index in [1.807, 2.05) is 20.8 Å². The van der Waals surface area contributed by atoms with E-state index < -0.39 is 17.1 Å². The molecule has 0 aromatic heterocycles. The third kappa shape index (κ3) is 3.94. The van der Waals surface area contributed by atoms with Gasteiger partial charge in [0.05, 0.1) is 27.9 Å². The molecule has 2 saturated carbocycles. The lowest BCUT2D eigenvalue weighted by Gasteiger charge is -2.42. The lowest BCUT2D eigenvalue weighted by molar-refractivity contribution is 0.0260. The second kappa shape index (κ2) is 6.57. The molecule has 1 heterocycles. The molecule has 6 nitrogen and oxygen atoms in total. The Balaban J connectivity index is 1.70. The van der Waals surface area contributed by atoms with E-state index in [0.717, 1.165) is 38.5 Å². The van der Waals surface area contributed by atoms with Gasteiger partial charge in [0.15, 0.2) is 0 Å². The van der Waals surface area contributed by atoms with Gasteiger partial charge in [-0.1, -0.05) is 0 Å². The molecule has 1 unspecified atom stereocenters. The van der Waals surface area contributed by atoms with Crippen molar-refractivity contribution in [2.75, 3.05) is 13.1 Å². The van der Waals surface area contributed by atoms with Crippen LogP contribution in [-0.2, 0) is 15.7 Å². The van der Waals surface area contributed by atoms with Gasteiger partial charge in [0, 0.05) is 19.1 Å². The number of rotatable bonds is 4. The second-order valence-corrected chi connectivity index (χ2v) is 10.6. The maximum Gasteiger partial charge on any atom is 0.407 e. The largest absolute Gasteiger partial charge is 0.465 e. The standard InChI is InChI=1S/C17H30N2O4S/c1-16(2,3)24(22)18-14-10-13(23-12-4-5-12)11-17(14)6-8-19(9-7-17)15(20)21/h12-14,18H,4-11H2,1-3H3,(H,20,21)/t13-,14+,24?/m0/s1. The zero-order chi connectivity index (χ0) is 17.5. The van der Waals surface area contributed by atoms with Gasteiger partial charge in [-0.3, -0.25) is 0 Å². The van der Waals surface area contributed by atoms with Gasteiger partial charge >= 0.3 is 6.09 Å². The quantitative estimate of drug-likeness (QED) is 0.809. The smallest absolute Gasteiger partial charge is 0.407 e. The highest BCUT2D eigenvalue weighted by molar-refractivity contribution is 7.84. The monoisotopic (exact) mass is 358 g/mol. The molecule has 2 N–H and O–H groups in total. The minimum atomic E-state index is -1.12. The maximum atomic E-state index is 12.6. The van der Waals surface area contributed by atoms with E-state index in [1.165, 1.54) is 4.90 Å². The van der Waals surface area contributed by atoms with E-state index in [1.54, 1.807) is 0 Å². The van der Waals surface area contributed by atoms with Gasteiger partial charge < -0.3 is 14.7 Å². The Morgan fingerprint density at radius 3 is 2.38 bits per heavy atom. The predicted octanol–water partition coefficient (Wildman–Crippen LogP) is 2.51. The SMILES string of the molecule is CC(C)(C)S(=O)N[C@@H]1C[C@H](OC2CC2)CC12CCN(C(=O)O)CC2. The van der Waals surface area contributed by atoms with Gasteiger partial charge in [-0.25, -0.2) is 13.7 Å². The van der Waals surface area contributed by atoms with Crippen molar-refractivity contribution in [1.82, 2.24) is 9.62 Å². The zero-order valence-electron chi connectivity index (χ0n) is 14.9. The Labute approximate surface area is 146 Å². The second-order valence-electron chi connectivity index (χ2n) is 8.58. The highest BCUT2D eigenvalue weighted by atomic mass is 32.2. The average Bonchev–Trinajstić information content (AvgIpc) is 3.24. The molecule has 0 radical (unpaired) electrons. The van der Waals surface area contributed by atoms with Crippen LogP contribution >= 0.6 is 0 Å². The molecule has 3 rings (SSSR count). The third-order valence-electron chi connectivity index (χ3n) is 5.62. The molecular weight excluding hydrogens is 328 g/mol. The lowest BCUT2D eigenvalue weighted by atomic mass is 9.74. The van der Waals surface area contributed by atoms with E-state index >= 15 is 0 Å². The lowest BCUT2D eigenvalue weighted by Crippen LogP contribution is -2.51. The van der Waals surface area contributed by atoms with Crippen molar-refractivity contribution in [1.29, 1.82) is 0 Å². The highest BCUT2D eigenvalue weighted by Crippen LogP contribution is 2.49. The number of likely N-dealkylation sites (tertiary alicyclic amines) is 1. The highest BCUT2D eigenvalue weighted by Gasteiger charge is 2.51. The molecule has 0 aromatic carbocycles. The summed E-state index contributed by atoms with van der Waals surface area (Å²) in [4.78, 5) is 12.7. The Morgan fingerprint density at radius 2 is 1.88 bits per heavy atom. The van der Waals surface area contributed by atoms with Gasteiger partial charge in [0.2, 0.25) is 0 Å². The first-order valence-corrected chi connectivity index (χ1v) is 10.2. The van der Waals surface area contributed by atoms with Gasteiger partial charge in [-0.05, 0) is 64.7 Å². The fourth-order valence-electron chi connectivity index (χ4n) is 3.95. The minimum Gasteiger partial charge on any atom is -0.465 e. The summed E-state index contributed by atoms with van der Waals surface area (Å²) in [7, 11) is -1.12. The Bertz CT molecular complexity index is 507. The van der Waals surface area contributed by atoms with E-state index in [2.05, 4.69) is 4.72 Å². The number of hydrogen-bond acceptors (Lipinski definition) is 3. The molecule has 138 valence electrons. The topological polar surface area (TPSA) is 78.9 Å². The molecule has 3 fully saturated rings. The fraction of sp³-hybridized carbons (Fsp3) is 0.941. The summed E-state index contributed by atoms with van der Waals surface area (Å²) in [5.74, 6) is 0. The molecule has 1 spiro atoms. The summed E-state index contributed by atoms with van der Waals surface area (Å²) < 4.78 is 21.8. The first-order valence-electron chi connectivity index (χ1n) is 9.01. The molecule has 7 heteroatoms. The van der Waals surface area contributed by atoms with Gasteiger partial charge in [0.25, 0.3) is 0 Å². The van der Waals surface area contributed by atoms with Crippen molar-refractivity contribution in [3.63, 3.8) is 0 Å². The third-order valence-corrected chi connectivity index (χ3v) is 7.23. The summed E-state index contributed by atoms with van der Waals surface area (Å²) in [6.45, 7) is 7.05. The molecule has 24 heavy (non-hydrogen) atoms. The van der Waals surface area contributed by atoms with Crippen LogP contribution in [0.5, 0.6) is 0 Å². The summed E-state index contributed by atoms with van der Waals surface area (Å²) in [6.07, 6.45) is 5.58. The van der Waals surface area contributed by atoms with Crippen LogP contribution in [0.4, 0.5) is 4.79 Å². The molecule has 0 aromatic rings. The first-order chi connectivity index (χ1) is 11.2. The van der Waals surface area contributed by atoms with Crippen molar-refractivity contribution in [3.05, 3.63) is 0 Å². The first kappa shape index (κ1) is 18.1. The number of nitrogens with zero attached hydrogens (tertiary/aromatic N) is 1. The molecule has 1 saturated heterocycles. The van der Waals surface area contributed by atoms with Crippen LogP contribution in [0.15, 0.2) is 0 Å². The normalized spacial score (nSPS) is 31.4. The van der Waals surface area contributed by atoms with Crippen LogP contribution in [-0.4, -0.2) is 56.4 Å². The summed E-state index contributed by atoms with van der Waals surface area (Å²) in [5.41, 5.74) is 0.00637. The van der Waals surface area contributed by atoms with Crippen molar-refractivity contribution in [2.45, 2.75) is 82.3 Å². The van der Waals surface area contributed by atoms with Crippen molar-refractivity contribution in [2.24, 2.45) is 5.41 Å². The van der Waals surface area contributed by atoms with Crippen molar-refractivity contribution >= 4 is 17.1 Å². The van der Waals surface area contributed by atoms with E-state index in [0.29, 0.717) is 19.2 Å². The average molecular weight is 359 g/mol. The van der Waals surface area contributed by atoms with Crippen LogP contribution in [0.3, 0.4) is 0 Å². The number of nitrogens with one attached hydrogen (secondary N) is 1. The fourth-order valence-corrected chi connectivity index (χ4v) is 4.91. The number of carboxylic acid groups (broad SMARTS) is 1. The van der Waals surface area contributed by atoms with Crippen LogP contribution in [0.2, 0.25) is 0 Å². The van der Waals surface area contributed by atoms with Crippen LogP contribution in [0.25, 0.3) is 0 Å². The van der Waals surface area contributed by atoms with Gasteiger partial charge in [-0.2, -0.15) is 0 Å². The summed E-state index contributed by atoms with van der Waals surface area (Å²) in [6, 6.07) is 0.136. The summed E-state index contributed by atoms with van der Waals surface area (Å²) in [5, 5.41) is 9.20. The Hall–Kier alpha value is -0.660. The molecular formula is C17H30N2O4S.